The fourth-order valence-electron chi connectivity index (χ4n) is 3.26. The highest BCUT2D eigenvalue weighted by atomic mass is 79.9. The van der Waals surface area contributed by atoms with E-state index in [1.807, 2.05) is 6.92 Å². The highest BCUT2D eigenvalue weighted by Crippen LogP contribution is 2.38. The molecule has 0 spiro atoms. The molecule has 3 rings (SSSR count). The van der Waals surface area contributed by atoms with E-state index < -0.39 is 17.6 Å². The van der Waals surface area contributed by atoms with Crippen molar-refractivity contribution in [3.63, 3.8) is 0 Å². The topological polar surface area (TPSA) is 72.6 Å². The maximum absolute atomic E-state index is 13.9. The summed E-state index contributed by atoms with van der Waals surface area (Å²) in [7, 11) is 0. The lowest BCUT2D eigenvalue weighted by Crippen LogP contribution is -2.47. The number of nitrogens with two attached hydrogens (primary N) is 1. The lowest BCUT2D eigenvalue weighted by Gasteiger charge is -2.38. The number of halogens is 2. The quantitative estimate of drug-likeness (QED) is 0.823. The van der Waals surface area contributed by atoms with Crippen molar-refractivity contribution in [3.05, 3.63) is 58.3 Å². The van der Waals surface area contributed by atoms with Crippen molar-refractivity contribution in [1.82, 2.24) is 0 Å². The van der Waals surface area contributed by atoms with E-state index in [4.69, 9.17) is 10.5 Å². The summed E-state index contributed by atoms with van der Waals surface area (Å²) in [5, 5.41) is 0. The summed E-state index contributed by atoms with van der Waals surface area (Å²) in [5.74, 6) is -1.70. The normalized spacial score (nSPS) is 19.0. The first-order valence-corrected chi connectivity index (χ1v) is 8.96. The molecule has 1 aliphatic rings. The zero-order valence-corrected chi connectivity index (χ0v) is 15.7. The zero-order chi connectivity index (χ0) is 18.8. The molecule has 0 radical (unpaired) electrons. The summed E-state index contributed by atoms with van der Waals surface area (Å²) >= 11 is 3.17. The molecular formula is C19H18BrFN2O3. The molecule has 2 aromatic rings. The molecule has 7 heteroatoms. The van der Waals surface area contributed by atoms with Crippen LogP contribution in [0.4, 0.5) is 10.1 Å². The molecule has 2 aromatic carbocycles. The SMILES string of the molecule is C[C@@H]1C[C@@H](C(N)=O)c2ccccc2N1C(=O)COc1ccc(Br)cc1F. The van der Waals surface area contributed by atoms with Gasteiger partial charge in [-0.25, -0.2) is 4.39 Å². The first-order valence-electron chi connectivity index (χ1n) is 8.16. The summed E-state index contributed by atoms with van der Waals surface area (Å²) < 4.78 is 19.8. The van der Waals surface area contributed by atoms with E-state index in [0.29, 0.717) is 16.6 Å². The number of benzene rings is 2. The zero-order valence-electron chi connectivity index (χ0n) is 14.1. The van der Waals surface area contributed by atoms with Crippen molar-refractivity contribution in [1.29, 1.82) is 0 Å². The molecule has 0 bridgehead atoms. The molecule has 2 atom stereocenters. The molecule has 0 saturated carbocycles. The van der Waals surface area contributed by atoms with Crippen LogP contribution in [-0.2, 0) is 9.59 Å². The molecular weight excluding hydrogens is 403 g/mol. The van der Waals surface area contributed by atoms with E-state index >= 15 is 0 Å². The van der Waals surface area contributed by atoms with Crippen LogP contribution in [-0.4, -0.2) is 24.5 Å². The van der Waals surface area contributed by atoms with Crippen LogP contribution in [0.25, 0.3) is 0 Å². The number of para-hydroxylation sites is 1. The number of hydrogen-bond donors (Lipinski definition) is 1. The van der Waals surface area contributed by atoms with Crippen LogP contribution in [0.3, 0.4) is 0 Å². The Kier molecular flexibility index (Phi) is 5.27. The minimum atomic E-state index is -0.548. The predicted molar refractivity (Wildman–Crippen MR) is 99.5 cm³/mol. The van der Waals surface area contributed by atoms with Gasteiger partial charge in [0, 0.05) is 16.2 Å². The first kappa shape index (κ1) is 18.4. The number of fused-ring (bicyclic) bond motifs is 1. The third kappa shape index (κ3) is 3.58. The smallest absolute Gasteiger partial charge is 0.265 e. The third-order valence-corrected chi connectivity index (χ3v) is 4.94. The second-order valence-corrected chi connectivity index (χ2v) is 7.14. The van der Waals surface area contributed by atoms with E-state index in [2.05, 4.69) is 15.9 Å². The van der Waals surface area contributed by atoms with Gasteiger partial charge in [0.05, 0.1) is 5.92 Å². The van der Waals surface area contributed by atoms with Gasteiger partial charge in [0.15, 0.2) is 18.2 Å². The number of hydrogen-bond acceptors (Lipinski definition) is 3. The summed E-state index contributed by atoms with van der Waals surface area (Å²) in [6, 6.07) is 11.3. The average molecular weight is 421 g/mol. The van der Waals surface area contributed by atoms with Gasteiger partial charge in [-0.2, -0.15) is 0 Å². The summed E-state index contributed by atoms with van der Waals surface area (Å²) in [5.41, 5.74) is 6.88. The Hall–Kier alpha value is -2.41. The maximum atomic E-state index is 13.9. The minimum Gasteiger partial charge on any atom is -0.481 e. The highest BCUT2D eigenvalue weighted by molar-refractivity contribution is 9.10. The van der Waals surface area contributed by atoms with Crippen LogP contribution < -0.4 is 15.4 Å². The van der Waals surface area contributed by atoms with Crippen molar-refractivity contribution in [2.45, 2.75) is 25.3 Å². The van der Waals surface area contributed by atoms with E-state index in [9.17, 15) is 14.0 Å². The fraction of sp³-hybridized carbons (Fsp3) is 0.263. The lowest BCUT2D eigenvalue weighted by atomic mass is 9.85. The maximum Gasteiger partial charge on any atom is 0.265 e. The number of carbonyl (C=O) groups is 2. The van der Waals surface area contributed by atoms with Crippen LogP contribution in [0.15, 0.2) is 46.9 Å². The molecule has 0 aliphatic carbocycles. The van der Waals surface area contributed by atoms with Crippen molar-refractivity contribution in [2.24, 2.45) is 5.73 Å². The predicted octanol–water partition coefficient (Wildman–Crippen LogP) is 3.36. The second-order valence-electron chi connectivity index (χ2n) is 6.23. The van der Waals surface area contributed by atoms with Gasteiger partial charge in [0.25, 0.3) is 5.91 Å². The van der Waals surface area contributed by atoms with Gasteiger partial charge in [0.2, 0.25) is 5.91 Å². The minimum absolute atomic E-state index is 0.00881. The number of carbonyl (C=O) groups excluding carboxylic acids is 2. The van der Waals surface area contributed by atoms with E-state index in [1.165, 1.54) is 12.1 Å². The molecule has 2 N–H and O–H groups in total. The fourth-order valence-corrected chi connectivity index (χ4v) is 3.60. The Morgan fingerprint density at radius 2 is 2.04 bits per heavy atom. The second kappa shape index (κ2) is 7.45. The molecule has 2 amide bonds. The summed E-state index contributed by atoms with van der Waals surface area (Å²) in [6.07, 6.45) is 0.435. The monoisotopic (exact) mass is 420 g/mol. The number of anilines is 1. The van der Waals surface area contributed by atoms with Gasteiger partial charge < -0.3 is 15.4 Å². The third-order valence-electron chi connectivity index (χ3n) is 4.45. The Labute approximate surface area is 159 Å². The molecule has 0 fully saturated rings. The van der Waals surface area contributed by atoms with Crippen LogP contribution in [0, 0.1) is 5.82 Å². The Balaban J connectivity index is 1.82. The molecule has 0 saturated heterocycles. The van der Waals surface area contributed by atoms with Crippen molar-refractivity contribution in [3.8, 4) is 5.75 Å². The van der Waals surface area contributed by atoms with Crippen molar-refractivity contribution < 1.29 is 18.7 Å². The van der Waals surface area contributed by atoms with Crippen LogP contribution in [0.2, 0.25) is 0 Å². The largest absolute Gasteiger partial charge is 0.481 e. The molecule has 136 valence electrons. The van der Waals surface area contributed by atoms with Crippen LogP contribution in [0.1, 0.15) is 24.8 Å². The van der Waals surface area contributed by atoms with Gasteiger partial charge >= 0.3 is 0 Å². The molecule has 1 heterocycles. The average Bonchev–Trinajstić information content (AvgIpc) is 2.60. The van der Waals surface area contributed by atoms with Crippen LogP contribution >= 0.6 is 15.9 Å². The van der Waals surface area contributed by atoms with Gasteiger partial charge in [0.1, 0.15) is 0 Å². The molecule has 26 heavy (non-hydrogen) atoms. The molecule has 0 aromatic heterocycles. The standard InChI is InChI=1S/C19H18BrFN2O3/c1-11-8-14(19(22)25)13-4-2-3-5-16(13)23(11)18(24)10-26-17-7-6-12(20)9-15(17)21/h2-7,9,11,14H,8,10H2,1H3,(H2,22,25)/t11-,14-/m1/s1. The van der Waals surface area contributed by atoms with Gasteiger partial charge in [-0.1, -0.05) is 34.1 Å². The van der Waals surface area contributed by atoms with E-state index in [1.54, 1.807) is 35.2 Å². The van der Waals surface area contributed by atoms with Crippen molar-refractivity contribution >= 4 is 33.4 Å². The van der Waals surface area contributed by atoms with Crippen molar-refractivity contribution in [2.75, 3.05) is 11.5 Å². The number of nitrogens with zero attached hydrogens (tertiary/aromatic N) is 1. The number of ether oxygens (including phenoxy) is 1. The Morgan fingerprint density at radius 3 is 2.73 bits per heavy atom. The number of primary amides is 1. The number of amides is 2. The summed E-state index contributed by atoms with van der Waals surface area (Å²) in [6.45, 7) is 1.54. The molecule has 0 unspecified atom stereocenters. The Bertz CT molecular complexity index is 858. The van der Waals surface area contributed by atoms with Gasteiger partial charge in [-0.15, -0.1) is 0 Å². The lowest BCUT2D eigenvalue weighted by molar-refractivity contribution is -0.122. The Morgan fingerprint density at radius 1 is 1.31 bits per heavy atom. The number of rotatable bonds is 4. The van der Waals surface area contributed by atoms with E-state index in [-0.39, 0.29) is 24.3 Å². The molecule has 5 nitrogen and oxygen atoms in total. The summed E-state index contributed by atoms with van der Waals surface area (Å²) in [4.78, 5) is 26.1. The molecule has 1 aliphatic heterocycles. The van der Waals surface area contributed by atoms with E-state index in [0.717, 1.165) is 5.56 Å². The highest BCUT2D eigenvalue weighted by Gasteiger charge is 2.36. The van der Waals surface area contributed by atoms with Gasteiger partial charge in [-0.05, 0) is 43.2 Å². The first-order chi connectivity index (χ1) is 12.4. The van der Waals surface area contributed by atoms with Gasteiger partial charge in [-0.3, -0.25) is 9.59 Å². The van der Waals surface area contributed by atoms with Crippen LogP contribution in [0.5, 0.6) is 5.75 Å².